The fraction of sp³-hybridized carbons (Fsp3) is 1.00. The Morgan fingerprint density at radius 3 is 1.54 bits per heavy atom. The van der Waals surface area contributed by atoms with Gasteiger partial charge < -0.3 is 0 Å². The second kappa shape index (κ2) is 2.15. The predicted molar refractivity (Wildman–Crippen MR) is 53.3 cm³/mol. The fourth-order valence-corrected chi connectivity index (χ4v) is 5.72. The van der Waals surface area contributed by atoms with Crippen LogP contribution in [-0.2, 0) is 0 Å². The van der Waals surface area contributed by atoms with E-state index in [0.29, 0.717) is 0 Å². The maximum absolute atomic E-state index is 1.65. The lowest BCUT2D eigenvalue weighted by molar-refractivity contribution is 0.0803. The molecule has 0 aromatic carbocycles. The van der Waals surface area contributed by atoms with E-state index in [-0.39, 0.29) is 0 Å². The van der Waals surface area contributed by atoms with Gasteiger partial charge in [0.05, 0.1) is 0 Å². The van der Waals surface area contributed by atoms with Crippen molar-refractivity contribution in [2.24, 2.45) is 29.1 Å². The highest BCUT2D eigenvalue weighted by atomic mass is 14.6. The molecule has 72 valence electrons. The zero-order valence-corrected chi connectivity index (χ0v) is 8.47. The summed E-state index contributed by atoms with van der Waals surface area (Å²) in [6, 6.07) is 0. The first-order valence-corrected chi connectivity index (χ1v) is 6.37. The summed E-state index contributed by atoms with van der Waals surface area (Å²) in [6.07, 6.45) is 12.9. The van der Waals surface area contributed by atoms with Crippen LogP contribution >= 0.6 is 0 Å². The average molecular weight is 176 g/mol. The predicted octanol–water partition coefficient (Wildman–Crippen LogP) is 3.61. The molecule has 0 N–H and O–H groups in total. The SMILES string of the molecule is C1CC2CC1CC21CC2CCC1C2. The topological polar surface area (TPSA) is 0 Å². The van der Waals surface area contributed by atoms with Crippen molar-refractivity contribution in [2.45, 2.75) is 51.4 Å². The molecule has 0 heterocycles. The standard InChI is InChI=1S/C13H20/c1-3-11-5-9(1)7-13(11)8-10-2-4-12(13)6-10/h9-12H,1-8H2. The van der Waals surface area contributed by atoms with E-state index in [1.54, 1.807) is 51.4 Å². The number of rotatable bonds is 0. The lowest BCUT2D eigenvalue weighted by Crippen LogP contribution is -2.33. The van der Waals surface area contributed by atoms with Gasteiger partial charge in [0.15, 0.2) is 0 Å². The Kier molecular flexibility index (Phi) is 1.21. The van der Waals surface area contributed by atoms with Crippen LogP contribution in [0, 0.1) is 29.1 Å². The molecule has 0 aliphatic heterocycles. The molecule has 4 atom stereocenters. The molecule has 0 nitrogen and oxygen atoms in total. The minimum atomic E-state index is 0.922. The molecular weight excluding hydrogens is 156 g/mol. The van der Waals surface area contributed by atoms with Gasteiger partial charge in [0.2, 0.25) is 0 Å². The van der Waals surface area contributed by atoms with Gasteiger partial charge in [-0.15, -0.1) is 0 Å². The highest BCUT2D eigenvalue weighted by molar-refractivity contribution is 5.10. The first-order valence-electron chi connectivity index (χ1n) is 6.37. The van der Waals surface area contributed by atoms with Crippen molar-refractivity contribution in [1.82, 2.24) is 0 Å². The Bertz CT molecular complexity index is 216. The molecular formula is C13H20. The molecule has 0 radical (unpaired) electrons. The molecule has 4 rings (SSSR count). The normalized spacial score (nSPS) is 62.8. The van der Waals surface area contributed by atoms with Crippen molar-refractivity contribution < 1.29 is 0 Å². The highest BCUT2D eigenvalue weighted by Gasteiger charge is 2.60. The van der Waals surface area contributed by atoms with Crippen LogP contribution in [0.3, 0.4) is 0 Å². The highest BCUT2D eigenvalue weighted by Crippen LogP contribution is 2.69. The molecule has 4 bridgehead atoms. The Balaban J connectivity index is 1.72. The van der Waals surface area contributed by atoms with E-state index in [4.69, 9.17) is 0 Å². The Morgan fingerprint density at radius 2 is 1.23 bits per heavy atom. The molecule has 4 unspecified atom stereocenters. The van der Waals surface area contributed by atoms with E-state index in [0.717, 1.165) is 5.41 Å². The van der Waals surface area contributed by atoms with Gasteiger partial charge in [0.25, 0.3) is 0 Å². The van der Waals surface area contributed by atoms with Crippen molar-refractivity contribution in [3.05, 3.63) is 0 Å². The molecule has 0 aromatic rings. The van der Waals surface area contributed by atoms with Crippen LogP contribution in [0.4, 0.5) is 0 Å². The lowest BCUT2D eigenvalue weighted by Gasteiger charge is -2.41. The summed E-state index contributed by atoms with van der Waals surface area (Å²) in [5.74, 6) is 4.72. The molecule has 13 heavy (non-hydrogen) atoms. The number of hydrogen-bond acceptors (Lipinski definition) is 0. The molecule has 4 aliphatic carbocycles. The Labute approximate surface area is 81.1 Å². The summed E-state index contributed by atoms with van der Waals surface area (Å²) in [5, 5.41) is 0. The molecule has 0 aromatic heterocycles. The van der Waals surface area contributed by atoms with Crippen molar-refractivity contribution in [1.29, 1.82) is 0 Å². The largest absolute Gasteiger partial charge is 0.0501 e. The lowest BCUT2D eigenvalue weighted by atomic mass is 9.63. The molecule has 4 saturated carbocycles. The molecule has 0 heteroatoms. The van der Waals surface area contributed by atoms with Gasteiger partial charge in [0, 0.05) is 0 Å². The van der Waals surface area contributed by atoms with Crippen molar-refractivity contribution in [2.75, 3.05) is 0 Å². The zero-order valence-electron chi connectivity index (χ0n) is 8.47. The summed E-state index contributed by atoms with van der Waals surface area (Å²) in [7, 11) is 0. The van der Waals surface area contributed by atoms with Gasteiger partial charge in [-0.05, 0) is 67.6 Å². The first-order chi connectivity index (χ1) is 6.37. The van der Waals surface area contributed by atoms with Gasteiger partial charge in [-0.1, -0.05) is 12.8 Å². The quantitative estimate of drug-likeness (QED) is 0.529. The van der Waals surface area contributed by atoms with Crippen LogP contribution in [0.5, 0.6) is 0 Å². The number of hydrogen-bond donors (Lipinski definition) is 0. The van der Waals surface area contributed by atoms with E-state index >= 15 is 0 Å². The van der Waals surface area contributed by atoms with Gasteiger partial charge in [0.1, 0.15) is 0 Å². The third kappa shape index (κ3) is 0.750. The van der Waals surface area contributed by atoms with Crippen molar-refractivity contribution in [3.63, 3.8) is 0 Å². The third-order valence-electron chi connectivity index (χ3n) is 6.05. The summed E-state index contributed by atoms with van der Waals surface area (Å²) in [6.45, 7) is 0. The first kappa shape index (κ1) is 7.31. The molecule has 4 fully saturated rings. The summed E-state index contributed by atoms with van der Waals surface area (Å²) < 4.78 is 0. The van der Waals surface area contributed by atoms with Crippen molar-refractivity contribution in [3.8, 4) is 0 Å². The zero-order chi connectivity index (χ0) is 8.47. The van der Waals surface area contributed by atoms with Crippen LogP contribution in [0.15, 0.2) is 0 Å². The van der Waals surface area contributed by atoms with Gasteiger partial charge >= 0.3 is 0 Å². The second-order valence-corrected chi connectivity index (χ2v) is 6.39. The van der Waals surface area contributed by atoms with E-state index in [9.17, 15) is 0 Å². The van der Waals surface area contributed by atoms with Gasteiger partial charge in [-0.3, -0.25) is 0 Å². The van der Waals surface area contributed by atoms with Crippen molar-refractivity contribution >= 4 is 0 Å². The van der Waals surface area contributed by atoms with Crippen LogP contribution in [0.1, 0.15) is 51.4 Å². The molecule has 1 spiro atoms. The Morgan fingerprint density at radius 1 is 0.692 bits per heavy atom. The summed E-state index contributed by atoms with van der Waals surface area (Å²) in [4.78, 5) is 0. The summed E-state index contributed by atoms with van der Waals surface area (Å²) >= 11 is 0. The van der Waals surface area contributed by atoms with Gasteiger partial charge in [-0.2, -0.15) is 0 Å². The Hall–Kier alpha value is 0. The smallest absolute Gasteiger partial charge is 0.0235 e. The monoisotopic (exact) mass is 176 g/mol. The summed E-state index contributed by atoms with van der Waals surface area (Å²) in [5.41, 5.74) is 0.922. The fourth-order valence-electron chi connectivity index (χ4n) is 5.72. The second-order valence-electron chi connectivity index (χ2n) is 6.39. The average Bonchev–Trinajstić information content (AvgIpc) is 2.79. The van der Waals surface area contributed by atoms with Crippen LogP contribution in [-0.4, -0.2) is 0 Å². The molecule has 0 saturated heterocycles. The van der Waals surface area contributed by atoms with E-state index < -0.39 is 0 Å². The minimum absolute atomic E-state index is 0.922. The number of fused-ring (bicyclic) bond motifs is 6. The van der Waals surface area contributed by atoms with Crippen LogP contribution in [0.25, 0.3) is 0 Å². The van der Waals surface area contributed by atoms with Crippen LogP contribution in [0.2, 0.25) is 0 Å². The van der Waals surface area contributed by atoms with Gasteiger partial charge in [-0.25, -0.2) is 0 Å². The third-order valence-corrected chi connectivity index (χ3v) is 6.05. The van der Waals surface area contributed by atoms with E-state index in [1.165, 1.54) is 23.7 Å². The minimum Gasteiger partial charge on any atom is -0.0501 e. The maximum atomic E-state index is 1.65. The molecule has 0 amide bonds. The van der Waals surface area contributed by atoms with E-state index in [1.807, 2.05) is 0 Å². The maximum Gasteiger partial charge on any atom is -0.0235 e. The molecule has 4 aliphatic rings. The van der Waals surface area contributed by atoms with Crippen LogP contribution < -0.4 is 0 Å². The van der Waals surface area contributed by atoms with E-state index in [2.05, 4.69) is 0 Å².